The summed E-state index contributed by atoms with van der Waals surface area (Å²) in [6.45, 7) is 5.76. The number of ether oxygens (including phenoxy) is 1. The van der Waals surface area contributed by atoms with Crippen LogP contribution in [0.3, 0.4) is 0 Å². The zero-order valence-corrected chi connectivity index (χ0v) is 12.8. The second-order valence-corrected chi connectivity index (χ2v) is 5.94. The van der Waals surface area contributed by atoms with Crippen LogP contribution in [-0.2, 0) is 0 Å². The van der Waals surface area contributed by atoms with Crippen LogP contribution in [0.4, 0.5) is 11.9 Å². The Morgan fingerprint density at radius 3 is 2.71 bits per heavy atom. The number of hydrogen-bond donors (Lipinski definition) is 1. The number of nitrogens with zero attached hydrogens (tertiary/aromatic N) is 4. The van der Waals surface area contributed by atoms with Gasteiger partial charge in [-0.05, 0) is 31.6 Å². The van der Waals surface area contributed by atoms with Gasteiger partial charge in [0.2, 0.25) is 11.9 Å². The fourth-order valence-corrected chi connectivity index (χ4v) is 2.51. The van der Waals surface area contributed by atoms with Crippen molar-refractivity contribution < 1.29 is 4.74 Å². The van der Waals surface area contributed by atoms with Crippen molar-refractivity contribution in [1.82, 2.24) is 15.0 Å². The Labute approximate surface area is 126 Å². The van der Waals surface area contributed by atoms with Gasteiger partial charge >= 0.3 is 6.01 Å². The SMILES string of the molecule is CCCNc1nc(OCCC2CC2)nc(N2CCCC2)n1. The maximum Gasteiger partial charge on any atom is 0.323 e. The first kappa shape index (κ1) is 14.4. The topological polar surface area (TPSA) is 63.2 Å². The highest BCUT2D eigenvalue weighted by molar-refractivity contribution is 5.39. The lowest BCUT2D eigenvalue weighted by molar-refractivity contribution is 0.279. The molecule has 1 aliphatic heterocycles. The van der Waals surface area contributed by atoms with E-state index in [1.54, 1.807) is 0 Å². The second-order valence-electron chi connectivity index (χ2n) is 5.94. The molecule has 2 fully saturated rings. The molecular weight excluding hydrogens is 266 g/mol. The van der Waals surface area contributed by atoms with Gasteiger partial charge in [-0.25, -0.2) is 0 Å². The van der Waals surface area contributed by atoms with E-state index in [1.165, 1.54) is 25.7 Å². The Morgan fingerprint density at radius 1 is 1.19 bits per heavy atom. The van der Waals surface area contributed by atoms with Crippen molar-refractivity contribution in [2.45, 2.75) is 45.4 Å². The molecule has 6 heteroatoms. The number of nitrogens with one attached hydrogen (secondary N) is 1. The van der Waals surface area contributed by atoms with E-state index in [-0.39, 0.29) is 0 Å². The molecule has 1 aromatic heterocycles. The molecular formula is C15H25N5O. The van der Waals surface area contributed by atoms with Crippen molar-refractivity contribution in [2.24, 2.45) is 5.92 Å². The first-order valence-corrected chi connectivity index (χ1v) is 8.23. The highest BCUT2D eigenvalue weighted by Gasteiger charge is 2.21. The fraction of sp³-hybridized carbons (Fsp3) is 0.800. The monoisotopic (exact) mass is 291 g/mol. The molecule has 6 nitrogen and oxygen atoms in total. The van der Waals surface area contributed by atoms with E-state index in [4.69, 9.17) is 4.74 Å². The van der Waals surface area contributed by atoms with Gasteiger partial charge in [-0.3, -0.25) is 0 Å². The third-order valence-corrected chi connectivity index (χ3v) is 3.98. The molecule has 2 heterocycles. The summed E-state index contributed by atoms with van der Waals surface area (Å²) in [6.07, 6.45) is 7.28. The summed E-state index contributed by atoms with van der Waals surface area (Å²) in [5, 5.41) is 3.24. The molecule has 1 saturated heterocycles. The van der Waals surface area contributed by atoms with Gasteiger partial charge < -0.3 is 15.0 Å². The van der Waals surface area contributed by atoms with Crippen LogP contribution in [0, 0.1) is 5.92 Å². The third kappa shape index (κ3) is 4.19. The maximum absolute atomic E-state index is 5.75. The predicted octanol–water partition coefficient (Wildman–Crippen LogP) is 2.47. The molecule has 0 unspecified atom stereocenters. The molecule has 0 aromatic carbocycles. The van der Waals surface area contributed by atoms with Gasteiger partial charge in [0.25, 0.3) is 0 Å². The van der Waals surface area contributed by atoms with Gasteiger partial charge in [0.1, 0.15) is 0 Å². The van der Waals surface area contributed by atoms with Crippen LogP contribution in [-0.4, -0.2) is 41.2 Å². The smallest absolute Gasteiger partial charge is 0.323 e. The summed E-state index contributed by atoms with van der Waals surface area (Å²) in [5.74, 6) is 2.25. The lowest BCUT2D eigenvalue weighted by Crippen LogP contribution is -2.22. The Morgan fingerprint density at radius 2 is 2.00 bits per heavy atom. The van der Waals surface area contributed by atoms with E-state index in [1.807, 2.05) is 0 Å². The summed E-state index contributed by atoms with van der Waals surface area (Å²) >= 11 is 0. The van der Waals surface area contributed by atoms with Crippen molar-refractivity contribution in [3.63, 3.8) is 0 Å². The van der Waals surface area contributed by atoms with Crippen molar-refractivity contribution in [2.75, 3.05) is 36.5 Å². The summed E-state index contributed by atoms with van der Waals surface area (Å²) < 4.78 is 5.75. The van der Waals surface area contributed by atoms with Gasteiger partial charge in [0, 0.05) is 19.6 Å². The fourth-order valence-electron chi connectivity index (χ4n) is 2.51. The summed E-state index contributed by atoms with van der Waals surface area (Å²) in [5.41, 5.74) is 0. The number of rotatable bonds is 8. The molecule has 0 amide bonds. The molecule has 3 rings (SSSR count). The lowest BCUT2D eigenvalue weighted by Gasteiger charge is -2.16. The third-order valence-electron chi connectivity index (χ3n) is 3.98. The molecule has 1 aliphatic carbocycles. The first-order chi connectivity index (χ1) is 10.3. The molecule has 1 N–H and O–H groups in total. The van der Waals surface area contributed by atoms with Crippen molar-refractivity contribution in [3.8, 4) is 6.01 Å². The number of anilines is 2. The van der Waals surface area contributed by atoms with E-state index in [0.717, 1.165) is 44.3 Å². The standard InChI is InChI=1S/C15H25N5O/c1-2-8-16-13-17-14(20-9-3-4-10-20)19-15(18-13)21-11-7-12-5-6-12/h12H,2-11H2,1H3,(H,16,17,18,19). The largest absolute Gasteiger partial charge is 0.463 e. The molecule has 0 radical (unpaired) electrons. The lowest BCUT2D eigenvalue weighted by atomic mass is 10.3. The summed E-state index contributed by atoms with van der Waals surface area (Å²) in [4.78, 5) is 15.6. The minimum Gasteiger partial charge on any atom is -0.463 e. The zero-order chi connectivity index (χ0) is 14.5. The predicted molar refractivity (Wildman–Crippen MR) is 82.9 cm³/mol. The molecule has 0 bridgehead atoms. The van der Waals surface area contributed by atoms with Crippen LogP contribution in [0.25, 0.3) is 0 Å². The molecule has 1 aromatic rings. The Balaban J connectivity index is 1.67. The Hall–Kier alpha value is -1.59. The van der Waals surface area contributed by atoms with Gasteiger partial charge in [-0.2, -0.15) is 15.0 Å². The van der Waals surface area contributed by atoms with E-state index in [9.17, 15) is 0 Å². The van der Waals surface area contributed by atoms with Crippen LogP contribution < -0.4 is 15.0 Å². The highest BCUT2D eigenvalue weighted by atomic mass is 16.5. The average Bonchev–Trinajstić information content (AvgIpc) is 3.15. The minimum atomic E-state index is 0.464. The van der Waals surface area contributed by atoms with Crippen molar-refractivity contribution >= 4 is 11.9 Å². The average molecular weight is 291 g/mol. The Bertz CT molecular complexity index is 457. The Kier molecular flexibility index (Phi) is 4.72. The van der Waals surface area contributed by atoms with Gasteiger partial charge in [0.15, 0.2) is 0 Å². The second kappa shape index (κ2) is 6.91. The normalized spacial score (nSPS) is 18.0. The van der Waals surface area contributed by atoms with Gasteiger partial charge in [-0.1, -0.05) is 19.8 Å². The molecule has 1 saturated carbocycles. The minimum absolute atomic E-state index is 0.464. The zero-order valence-electron chi connectivity index (χ0n) is 12.8. The van der Waals surface area contributed by atoms with Crippen LogP contribution >= 0.6 is 0 Å². The summed E-state index contributed by atoms with van der Waals surface area (Å²) in [7, 11) is 0. The number of aromatic nitrogens is 3. The first-order valence-electron chi connectivity index (χ1n) is 8.23. The van der Waals surface area contributed by atoms with Crippen LogP contribution in [0.15, 0.2) is 0 Å². The van der Waals surface area contributed by atoms with Gasteiger partial charge in [0.05, 0.1) is 6.61 Å². The van der Waals surface area contributed by atoms with Crippen LogP contribution in [0.1, 0.15) is 45.4 Å². The quantitative estimate of drug-likeness (QED) is 0.794. The molecule has 2 aliphatic rings. The van der Waals surface area contributed by atoms with E-state index in [2.05, 4.69) is 32.1 Å². The van der Waals surface area contributed by atoms with Crippen LogP contribution in [0.5, 0.6) is 6.01 Å². The van der Waals surface area contributed by atoms with E-state index < -0.39 is 0 Å². The molecule has 0 spiro atoms. The molecule has 21 heavy (non-hydrogen) atoms. The maximum atomic E-state index is 5.75. The highest BCUT2D eigenvalue weighted by Crippen LogP contribution is 2.32. The van der Waals surface area contributed by atoms with Crippen LogP contribution in [0.2, 0.25) is 0 Å². The molecule has 116 valence electrons. The molecule has 0 atom stereocenters. The van der Waals surface area contributed by atoms with Crippen molar-refractivity contribution in [1.29, 1.82) is 0 Å². The summed E-state index contributed by atoms with van der Waals surface area (Å²) in [6, 6.07) is 0.464. The number of hydrogen-bond acceptors (Lipinski definition) is 6. The van der Waals surface area contributed by atoms with Gasteiger partial charge in [-0.15, -0.1) is 0 Å². The van der Waals surface area contributed by atoms with E-state index in [0.29, 0.717) is 18.6 Å². The van der Waals surface area contributed by atoms with E-state index >= 15 is 0 Å². The van der Waals surface area contributed by atoms with Crippen molar-refractivity contribution in [3.05, 3.63) is 0 Å².